The number of nitrogens with one attached hydrogen (secondary N) is 2. The number of aromatic nitrogens is 3. The van der Waals surface area contributed by atoms with E-state index in [9.17, 15) is 4.79 Å². The number of guanidine groups is 1. The van der Waals surface area contributed by atoms with Crippen molar-refractivity contribution < 1.29 is 9.53 Å². The summed E-state index contributed by atoms with van der Waals surface area (Å²) in [6.07, 6.45) is 2.60. The molecule has 1 aromatic carbocycles. The van der Waals surface area contributed by atoms with Crippen LogP contribution in [0.3, 0.4) is 0 Å². The minimum atomic E-state index is -0.303. The summed E-state index contributed by atoms with van der Waals surface area (Å²) >= 11 is 0. The quantitative estimate of drug-likeness (QED) is 0.238. The Bertz CT molecular complexity index is 745. The third kappa shape index (κ3) is 7.45. The maximum Gasteiger partial charge on any atom is 0.338 e. The number of aryl methyl sites for hydroxylation is 1. The van der Waals surface area contributed by atoms with Gasteiger partial charge in [0.25, 0.3) is 0 Å². The van der Waals surface area contributed by atoms with Gasteiger partial charge in [-0.05, 0) is 31.5 Å². The number of carbonyl (C=O) groups is 1. The van der Waals surface area contributed by atoms with E-state index in [1.165, 1.54) is 0 Å². The fourth-order valence-corrected chi connectivity index (χ4v) is 2.51. The lowest BCUT2D eigenvalue weighted by Crippen LogP contribution is -2.38. The Balaban J connectivity index is 0.00000392. The zero-order valence-corrected chi connectivity index (χ0v) is 19.0. The second-order valence-electron chi connectivity index (χ2n) is 5.83. The second kappa shape index (κ2) is 13.1. The first-order valence-corrected chi connectivity index (χ1v) is 9.32. The highest BCUT2D eigenvalue weighted by molar-refractivity contribution is 14.0. The Morgan fingerprint density at radius 2 is 1.93 bits per heavy atom. The van der Waals surface area contributed by atoms with Gasteiger partial charge in [0.1, 0.15) is 12.2 Å². The van der Waals surface area contributed by atoms with E-state index < -0.39 is 0 Å². The van der Waals surface area contributed by atoms with Gasteiger partial charge in [-0.25, -0.2) is 9.79 Å². The summed E-state index contributed by atoms with van der Waals surface area (Å²) in [5.74, 6) is 1.42. The molecule has 0 aliphatic rings. The van der Waals surface area contributed by atoms with Gasteiger partial charge in [-0.3, -0.25) is 0 Å². The Morgan fingerprint density at radius 3 is 2.57 bits per heavy atom. The molecule has 8 nitrogen and oxygen atoms in total. The largest absolute Gasteiger partial charge is 0.462 e. The van der Waals surface area contributed by atoms with Crippen LogP contribution >= 0.6 is 24.0 Å². The maximum atomic E-state index is 11.7. The van der Waals surface area contributed by atoms with Crippen LogP contribution < -0.4 is 10.6 Å². The molecule has 0 aliphatic heterocycles. The third-order valence-corrected chi connectivity index (χ3v) is 3.89. The Morgan fingerprint density at radius 1 is 1.18 bits per heavy atom. The minimum Gasteiger partial charge on any atom is -0.462 e. The zero-order valence-electron chi connectivity index (χ0n) is 16.6. The van der Waals surface area contributed by atoms with Gasteiger partial charge in [0.05, 0.1) is 18.7 Å². The second-order valence-corrected chi connectivity index (χ2v) is 5.83. The minimum absolute atomic E-state index is 0. The van der Waals surface area contributed by atoms with E-state index in [4.69, 9.17) is 4.74 Å². The van der Waals surface area contributed by atoms with Crippen molar-refractivity contribution in [2.45, 2.75) is 40.3 Å². The zero-order chi connectivity index (χ0) is 19.5. The van der Waals surface area contributed by atoms with E-state index >= 15 is 0 Å². The number of esters is 1. The number of rotatable bonds is 9. The van der Waals surface area contributed by atoms with Crippen LogP contribution in [-0.2, 0) is 24.2 Å². The lowest BCUT2D eigenvalue weighted by Gasteiger charge is -2.12. The molecular formula is C19H29IN6O2. The smallest absolute Gasteiger partial charge is 0.338 e. The lowest BCUT2D eigenvalue weighted by molar-refractivity contribution is 0.0526. The van der Waals surface area contributed by atoms with Crippen LogP contribution in [0.5, 0.6) is 0 Å². The van der Waals surface area contributed by atoms with E-state index in [0.29, 0.717) is 18.7 Å². The normalized spacial score (nSPS) is 10.9. The molecule has 0 amide bonds. The fraction of sp³-hybridized carbons (Fsp3) is 0.474. The Kier molecular flexibility index (Phi) is 11.2. The topological polar surface area (TPSA) is 93.4 Å². The van der Waals surface area contributed by atoms with Crippen molar-refractivity contribution >= 4 is 35.9 Å². The van der Waals surface area contributed by atoms with Gasteiger partial charge in [0.2, 0.25) is 0 Å². The summed E-state index contributed by atoms with van der Waals surface area (Å²) in [5.41, 5.74) is 1.57. The molecule has 2 aromatic rings. The summed E-state index contributed by atoms with van der Waals surface area (Å²) in [5, 5.41) is 14.6. The van der Waals surface area contributed by atoms with E-state index in [2.05, 4.69) is 32.7 Å². The van der Waals surface area contributed by atoms with Crippen LogP contribution in [-0.4, -0.2) is 46.4 Å². The number of ether oxygens (including phenoxy) is 1. The van der Waals surface area contributed by atoms with Gasteiger partial charge >= 0.3 is 5.97 Å². The summed E-state index contributed by atoms with van der Waals surface area (Å²) in [7, 11) is 0. The van der Waals surface area contributed by atoms with Crippen LogP contribution in [0.25, 0.3) is 0 Å². The van der Waals surface area contributed by atoms with E-state index in [0.717, 1.165) is 43.4 Å². The molecule has 0 unspecified atom stereocenters. The average molecular weight is 500 g/mol. The first kappa shape index (κ1) is 23.9. The number of nitrogens with zero attached hydrogens (tertiary/aromatic N) is 4. The fourth-order valence-electron chi connectivity index (χ4n) is 2.51. The molecule has 1 aromatic heterocycles. The van der Waals surface area contributed by atoms with E-state index in [-0.39, 0.29) is 29.9 Å². The molecule has 0 fully saturated rings. The predicted molar refractivity (Wildman–Crippen MR) is 120 cm³/mol. The van der Waals surface area contributed by atoms with E-state index in [1.807, 2.05) is 23.6 Å². The molecule has 1 heterocycles. The van der Waals surface area contributed by atoms with Crippen molar-refractivity contribution in [1.29, 1.82) is 0 Å². The molecule has 2 rings (SSSR count). The van der Waals surface area contributed by atoms with Crippen molar-refractivity contribution in [3.8, 4) is 0 Å². The summed E-state index contributed by atoms with van der Waals surface area (Å²) < 4.78 is 7.02. The average Bonchev–Trinajstić information content (AvgIpc) is 3.14. The summed E-state index contributed by atoms with van der Waals surface area (Å²) in [4.78, 5) is 16.3. The number of hydrogen-bond donors (Lipinski definition) is 2. The number of aliphatic imine (C=N–C) groups is 1. The predicted octanol–water partition coefficient (Wildman–Crippen LogP) is 2.39. The van der Waals surface area contributed by atoms with Crippen LogP contribution in [0.2, 0.25) is 0 Å². The molecule has 0 radical (unpaired) electrons. The highest BCUT2D eigenvalue weighted by atomic mass is 127. The molecule has 2 N–H and O–H groups in total. The van der Waals surface area contributed by atoms with Crippen LogP contribution in [0.1, 0.15) is 42.5 Å². The molecule has 0 spiro atoms. The molecule has 0 atom stereocenters. The van der Waals surface area contributed by atoms with Crippen LogP contribution in [0.4, 0.5) is 0 Å². The SMILES string of the molecule is CCNC(=NCc1ccc(C(=O)OCC)cc1)NCCn1cnnc1CC.I. The summed E-state index contributed by atoms with van der Waals surface area (Å²) in [6, 6.07) is 7.32. The lowest BCUT2D eigenvalue weighted by atomic mass is 10.1. The van der Waals surface area contributed by atoms with Gasteiger partial charge < -0.3 is 19.9 Å². The maximum absolute atomic E-state index is 11.7. The van der Waals surface area contributed by atoms with Gasteiger partial charge in [0.15, 0.2) is 5.96 Å². The number of benzene rings is 1. The molecule has 0 saturated carbocycles. The summed E-state index contributed by atoms with van der Waals surface area (Å²) in [6.45, 7) is 9.05. The Hall–Kier alpha value is -2.17. The van der Waals surface area contributed by atoms with Gasteiger partial charge in [0, 0.05) is 26.1 Å². The first-order valence-electron chi connectivity index (χ1n) is 9.32. The number of hydrogen-bond acceptors (Lipinski definition) is 5. The molecule has 0 bridgehead atoms. The van der Waals surface area contributed by atoms with Crippen molar-refractivity contribution in [1.82, 2.24) is 25.4 Å². The van der Waals surface area contributed by atoms with Crippen molar-refractivity contribution in [3.63, 3.8) is 0 Å². The van der Waals surface area contributed by atoms with Crippen molar-refractivity contribution in [3.05, 3.63) is 47.5 Å². The third-order valence-electron chi connectivity index (χ3n) is 3.89. The van der Waals surface area contributed by atoms with E-state index in [1.54, 1.807) is 25.4 Å². The highest BCUT2D eigenvalue weighted by Gasteiger charge is 2.06. The molecule has 0 aliphatic carbocycles. The van der Waals surface area contributed by atoms with Crippen LogP contribution in [0.15, 0.2) is 35.6 Å². The first-order chi connectivity index (χ1) is 13.2. The molecule has 154 valence electrons. The standard InChI is InChI=1S/C19H28N6O2.HI/c1-4-17-24-23-14-25(17)12-11-21-19(20-5-2)22-13-15-7-9-16(10-8-15)18(26)27-6-3;/h7-10,14H,4-6,11-13H2,1-3H3,(H2,20,21,22);1H. The van der Waals surface area contributed by atoms with Crippen LogP contribution in [0, 0.1) is 0 Å². The monoisotopic (exact) mass is 500 g/mol. The van der Waals surface area contributed by atoms with Gasteiger partial charge in [-0.2, -0.15) is 0 Å². The Labute approximate surface area is 183 Å². The number of halogens is 1. The van der Waals surface area contributed by atoms with Crippen molar-refractivity contribution in [2.24, 2.45) is 4.99 Å². The van der Waals surface area contributed by atoms with Crippen molar-refractivity contribution in [2.75, 3.05) is 19.7 Å². The van der Waals surface area contributed by atoms with Gasteiger partial charge in [-0.1, -0.05) is 19.1 Å². The molecule has 0 saturated heterocycles. The highest BCUT2D eigenvalue weighted by Crippen LogP contribution is 2.07. The van der Waals surface area contributed by atoms with Gasteiger partial charge in [-0.15, -0.1) is 34.2 Å². The molecular weight excluding hydrogens is 471 g/mol. The molecule has 9 heteroatoms. The molecule has 28 heavy (non-hydrogen) atoms. The number of carbonyl (C=O) groups excluding carboxylic acids is 1.